The van der Waals surface area contributed by atoms with Gasteiger partial charge in [0.25, 0.3) is 0 Å². The van der Waals surface area contributed by atoms with E-state index in [0.717, 1.165) is 29.3 Å². The zero-order valence-electron chi connectivity index (χ0n) is 15.7. The predicted molar refractivity (Wildman–Crippen MR) is 107 cm³/mol. The number of allylic oxidation sites excluding steroid dienone is 1. The maximum atomic E-state index is 5.88. The van der Waals surface area contributed by atoms with Gasteiger partial charge in [-0.25, -0.2) is 4.98 Å². The van der Waals surface area contributed by atoms with E-state index in [0.29, 0.717) is 6.61 Å². The number of rotatable bonds is 2. The number of anilines is 1. The summed E-state index contributed by atoms with van der Waals surface area (Å²) < 4.78 is 8.21. The summed E-state index contributed by atoms with van der Waals surface area (Å²) in [5.74, 6) is 1.94. The number of hydrogen-bond acceptors (Lipinski definition) is 3. The van der Waals surface area contributed by atoms with Gasteiger partial charge < -0.3 is 14.2 Å². The lowest BCUT2D eigenvalue weighted by molar-refractivity contribution is 0.340. The molecule has 3 heterocycles. The highest BCUT2D eigenvalue weighted by molar-refractivity contribution is 5.94. The number of aromatic nitrogens is 2. The molecule has 2 aliphatic heterocycles. The van der Waals surface area contributed by atoms with Gasteiger partial charge in [0.05, 0.1) is 35.5 Å². The summed E-state index contributed by atoms with van der Waals surface area (Å²) in [4.78, 5) is 7.45. The lowest BCUT2D eigenvalue weighted by Crippen LogP contribution is -2.47. The van der Waals surface area contributed by atoms with Gasteiger partial charge in [0.1, 0.15) is 11.6 Å². The average molecular weight is 345 g/mol. The molecule has 4 nitrogen and oxygen atoms in total. The summed E-state index contributed by atoms with van der Waals surface area (Å²) in [7, 11) is 0. The molecule has 0 saturated heterocycles. The summed E-state index contributed by atoms with van der Waals surface area (Å²) in [5, 5.41) is 0. The summed E-state index contributed by atoms with van der Waals surface area (Å²) >= 11 is 0. The van der Waals surface area contributed by atoms with Crippen LogP contribution in [0.3, 0.4) is 0 Å². The monoisotopic (exact) mass is 345 g/mol. The Balaban J connectivity index is 1.87. The van der Waals surface area contributed by atoms with E-state index in [1.54, 1.807) is 0 Å². The SMILES string of the molecule is CCOc1cc2c3c(c1)-c1nc4ccccc4n1CN3C(C)(C)C=C2C. The van der Waals surface area contributed by atoms with Crippen LogP contribution in [0.4, 0.5) is 5.69 Å². The molecule has 4 heteroatoms. The van der Waals surface area contributed by atoms with Gasteiger partial charge in [0.2, 0.25) is 0 Å². The third kappa shape index (κ3) is 1.99. The Bertz CT molecular complexity index is 1070. The first-order valence-corrected chi connectivity index (χ1v) is 9.23. The molecule has 0 amide bonds. The molecule has 0 bridgehead atoms. The van der Waals surface area contributed by atoms with Gasteiger partial charge in [-0.3, -0.25) is 0 Å². The van der Waals surface area contributed by atoms with Crippen LogP contribution in [-0.4, -0.2) is 21.7 Å². The van der Waals surface area contributed by atoms with Gasteiger partial charge in [-0.05, 0) is 57.5 Å². The van der Waals surface area contributed by atoms with Crippen molar-refractivity contribution < 1.29 is 4.74 Å². The highest BCUT2D eigenvalue weighted by Gasteiger charge is 2.38. The van der Waals surface area contributed by atoms with E-state index in [4.69, 9.17) is 9.72 Å². The quantitative estimate of drug-likeness (QED) is 0.649. The van der Waals surface area contributed by atoms with Crippen molar-refractivity contribution in [1.29, 1.82) is 0 Å². The Morgan fingerprint density at radius 2 is 1.92 bits per heavy atom. The van der Waals surface area contributed by atoms with Gasteiger partial charge in [-0.15, -0.1) is 0 Å². The van der Waals surface area contributed by atoms with E-state index < -0.39 is 0 Å². The summed E-state index contributed by atoms with van der Waals surface area (Å²) in [6.07, 6.45) is 2.36. The van der Waals surface area contributed by atoms with Crippen molar-refractivity contribution in [1.82, 2.24) is 9.55 Å². The number of para-hydroxylation sites is 2. The maximum Gasteiger partial charge on any atom is 0.144 e. The molecule has 2 aliphatic rings. The second kappa shape index (κ2) is 5.13. The van der Waals surface area contributed by atoms with E-state index in [2.05, 4.69) is 72.7 Å². The van der Waals surface area contributed by atoms with Crippen LogP contribution in [0.2, 0.25) is 0 Å². The van der Waals surface area contributed by atoms with Crippen LogP contribution >= 0.6 is 0 Å². The molecule has 0 saturated carbocycles. The highest BCUT2D eigenvalue weighted by Crippen LogP contribution is 2.49. The van der Waals surface area contributed by atoms with E-state index in [1.807, 2.05) is 6.92 Å². The van der Waals surface area contributed by atoms with Crippen LogP contribution in [0.1, 0.15) is 33.3 Å². The maximum absolute atomic E-state index is 5.88. The molecule has 0 atom stereocenters. The Labute approximate surface area is 153 Å². The lowest BCUT2D eigenvalue weighted by Gasteiger charge is -2.46. The number of fused-ring (bicyclic) bond motifs is 4. The Morgan fingerprint density at radius 3 is 2.73 bits per heavy atom. The molecule has 0 spiro atoms. The van der Waals surface area contributed by atoms with E-state index in [9.17, 15) is 0 Å². The molecular formula is C22H23N3O. The zero-order chi connectivity index (χ0) is 18.1. The molecule has 0 unspecified atom stereocenters. The molecule has 0 radical (unpaired) electrons. The Kier molecular flexibility index (Phi) is 3.06. The van der Waals surface area contributed by atoms with E-state index in [1.165, 1.54) is 22.3 Å². The van der Waals surface area contributed by atoms with Crippen LogP contribution in [0.15, 0.2) is 42.5 Å². The van der Waals surface area contributed by atoms with Crippen molar-refractivity contribution in [2.45, 2.75) is 39.9 Å². The first kappa shape index (κ1) is 15.5. The van der Waals surface area contributed by atoms with Gasteiger partial charge in [0.15, 0.2) is 0 Å². The molecule has 0 fully saturated rings. The Hall–Kier alpha value is -2.75. The summed E-state index contributed by atoms with van der Waals surface area (Å²) in [6.45, 7) is 10.3. The molecule has 1 aromatic heterocycles. The zero-order valence-corrected chi connectivity index (χ0v) is 15.7. The van der Waals surface area contributed by atoms with Gasteiger partial charge in [-0.2, -0.15) is 0 Å². The number of nitrogens with zero attached hydrogens (tertiary/aromatic N) is 3. The topological polar surface area (TPSA) is 30.3 Å². The van der Waals surface area contributed by atoms with Gasteiger partial charge in [0, 0.05) is 11.1 Å². The smallest absolute Gasteiger partial charge is 0.144 e. The first-order chi connectivity index (χ1) is 12.5. The standard InChI is InChI=1S/C22H23N3O/c1-5-26-15-10-16-14(2)12-22(3,4)25-13-24-19-9-7-6-8-18(19)23-21(24)17(11-15)20(16)25/h6-12H,5,13H2,1-4H3. The van der Waals surface area contributed by atoms with Gasteiger partial charge in [-0.1, -0.05) is 18.2 Å². The second-order valence-corrected chi connectivity index (χ2v) is 7.70. The Morgan fingerprint density at radius 1 is 1.15 bits per heavy atom. The molecule has 0 N–H and O–H groups in total. The fourth-order valence-corrected chi connectivity index (χ4v) is 4.41. The molecule has 2 aromatic carbocycles. The third-order valence-corrected chi connectivity index (χ3v) is 5.53. The van der Waals surface area contributed by atoms with Crippen LogP contribution < -0.4 is 9.64 Å². The predicted octanol–water partition coefficient (Wildman–Crippen LogP) is 5.08. The molecule has 5 rings (SSSR count). The van der Waals surface area contributed by atoms with E-state index in [-0.39, 0.29) is 5.54 Å². The number of imidazole rings is 1. The minimum atomic E-state index is -0.0535. The number of benzene rings is 2. The number of ether oxygens (including phenoxy) is 1. The summed E-state index contributed by atoms with van der Waals surface area (Å²) in [6, 6.07) is 12.7. The van der Waals surface area contributed by atoms with Crippen LogP contribution in [0.25, 0.3) is 28.0 Å². The fraction of sp³-hybridized carbons (Fsp3) is 0.318. The molecular weight excluding hydrogens is 322 g/mol. The largest absolute Gasteiger partial charge is 0.494 e. The molecule has 26 heavy (non-hydrogen) atoms. The van der Waals surface area contributed by atoms with Crippen LogP contribution in [0, 0.1) is 0 Å². The van der Waals surface area contributed by atoms with Crippen LogP contribution in [0.5, 0.6) is 5.75 Å². The molecule has 3 aromatic rings. The minimum absolute atomic E-state index is 0.0535. The van der Waals surface area contributed by atoms with Crippen molar-refractivity contribution in [3.8, 4) is 17.1 Å². The van der Waals surface area contributed by atoms with Crippen molar-refractivity contribution >= 4 is 22.3 Å². The van der Waals surface area contributed by atoms with Crippen molar-refractivity contribution in [2.75, 3.05) is 11.5 Å². The summed E-state index contributed by atoms with van der Waals surface area (Å²) in [5.41, 5.74) is 7.16. The van der Waals surface area contributed by atoms with E-state index >= 15 is 0 Å². The average Bonchev–Trinajstić information content (AvgIpc) is 2.98. The normalized spacial score (nSPS) is 16.9. The highest BCUT2D eigenvalue weighted by atomic mass is 16.5. The third-order valence-electron chi connectivity index (χ3n) is 5.53. The lowest BCUT2D eigenvalue weighted by atomic mass is 9.86. The van der Waals surface area contributed by atoms with Gasteiger partial charge >= 0.3 is 0 Å². The van der Waals surface area contributed by atoms with Crippen LogP contribution in [-0.2, 0) is 6.67 Å². The van der Waals surface area contributed by atoms with Crippen molar-refractivity contribution in [2.24, 2.45) is 0 Å². The number of hydrogen-bond donors (Lipinski definition) is 0. The van der Waals surface area contributed by atoms with Crippen molar-refractivity contribution in [3.05, 3.63) is 48.0 Å². The molecule has 132 valence electrons. The first-order valence-electron chi connectivity index (χ1n) is 9.23. The fourth-order valence-electron chi connectivity index (χ4n) is 4.41. The molecule has 0 aliphatic carbocycles. The minimum Gasteiger partial charge on any atom is -0.494 e. The van der Waals surface area contributed by atoms with Crippen molar-refractivity contribution in [3.63, 3.8) is 0 Å². The second-order valence-electron chi connectivity index (χ2n) is 7.70.